The smallest absolute Gasteiger partial charge is 0.228 e. The van der Waals surface area contributed by atoms with Gasteiger partial charge in [-0.15, -0.1) is 0 Å². The minimum absolute atomic E-state index is 0.0470. The first kappa shape index (κ1) is 15.9. The van der Waals surface area contributed by atoms with Gasteiger partial charge in [0.25, 0.3) is 0 Å². The number of nitrogens with zero attached hydrogens (tertiary/aromatic N) is 3. The van der Waals surface area contributed by atoms with E-state index in [-0.39, 0.29) is 23.8 Å². The molecule has 6 heteroatoms. The van der Waals surface area contributed by atoms with Crippen LogP contribution < -0.4 is 4.74 Å². The molecule has 130 valence electrons. The highest BCUT2D eigenvalue weighted by molar-refractivity contribution is 5.89. The van der Waals surface area contributed by atoms with E-state index < -0.39 is 0 Å². The molecule has 0 spiro atoms. The lowest BCUT2D eigenvalue weighted by atomic mass is 10.1. The summed E-state index contributed by atoms with van der Waals surface area (Å²) in [4.78, 5) is 32.2. The Morgan fingerprint density at radius 3 is 2.84 bits per heavy atom. The van der Waals surface area contributed by atoms with Crippen molar-refractivity contribution in [1.82, 2.24) is 14.8 Å². The van der Waals surface area contributed by atoms with Crippen LogP contribution in [-0.2, 0) is 9.59 Å². The maximum Gasteiger partial charge on any atom is 0.228 e. The summed E-state index contributed by atoms with van der Waals surface area (Å²) >= 11 is 0. The number of carbonyl (C=O) groups is 2. The number of rotatable bonds is 3. The topological polar surface area (TPSA) is 62.7 Å². The molecule has 2 aliphatic rings. The number of pyridine rings is 1. The lowest BCUT2D eigenvalue weighted by molar-refractivity contribution is -0.135. The number of likely N-dealkylation sites (tertiary alicyclic amines) is 2. The fourth-order valence-corrected chi connectivity index (χ4v) is 3.60. The van der Waals surface area contributed by atoms with Gasteiger partial charge in [-0.1, -0.05) is 18.2 Å². The summed E-state index contributed by atoms with van der Waals surface area (Å²) in [6.45, 7) is 1.75. The summed E-state index contributed by atoms with van der Waals surface area (Å²) in [7, 11) is 1.75. The van der Waals surface area contributed by atoms with Crippen molar-refractivity contribution in [3.8, 4) is 5.88 Å². The maximum absolute atomic E-state index is 12.6. The van der Waals surface area contributed by atoms with Crippen LogP contribution in [0.4, 0.5) is 0 Å². The number of amides is 2. The monoisotopic (exact) mass is 339 g/mol. The van der Waals surface area contributed by atoms with Gasteiger partial charge in [0.1, 0.15) is 6.10 Å². The molecule has 2 atom stereocenters. The number of aromatic nitrogens is 1. The lowest BCUT2D eigenvalue weighted by Gasteiger charge is -2.20. The van der Waals surface area contributed by atoms with Gasteiger partial charge in [0, 0.05) is 44.4 Å². The highest BCUT2D eigenvalue weighted by Gasteiger charge is 2.37. The van der Waals surface area contributed by atoms with Crippen LogP contribution in [0.3, 0.4) is 0 Å². The molecule has 6 nitrogen and oxygen atoms in total. The van der Waals surface area contributed by atoms with Crippen LogP contribution in [0.25, 0.3) is 10.9 Å². The third kappa shape index (κ3) is 3.16. The number of benzene rings is 1. The van der Waals surface area contributed by atoms with Crippen molar-refractivity contribution in [2.24, 2.45) is 5.92 Å². The quantitative estimate of drug-likeness (QED) is 0.854. The van der Waals surface area contributed by atoms with E-state index in [9.17, 15) is 9.59 Å². The van der Waals surface area contributed by atoms with Crippen molar-refractivity contribution in [2.45, 2.75) is 18.9 Å². The van der Waals surface area contributed by atoms with Gasteiger partial charge in [-0.05, 0) is 12.1 Å². The molecule has 2 amide bonds. The van der Waals surface area contributed by atoms with Gasteiger partial charge in [-0.2, -0.15) is 0 Å². The van der Waals surface area contributed by atoms with Gasteiger partial charge < -0.3 is 14.5 Å². The van der Waals surface area contributed by atoms with Crippen molar-refractivity contribution in [1.29, 1.82) is 0 Å². The predicted molar refractivity (Wildman–Crippen MR) is 93.1 cm³/mol. The first-order valence-electron chi connectivity index (χ1n) is 8.65. The largest absolute Gasteiger partial charge is 0.472 e. The number of para-hydroxylation sites is 1. The van der Waals surface area contributed by atoms with E-state index in [1.54, 1.807) is 11.9 Å². The molecule has 1 aromatic carbocycles. The molecule has 2 aromatic rings. The van der Waals surface area contributed by atoms with E-state index >= 15 is 0 Å². The molecule has 0 bridgehead atoms. The molecule has 2 aliphatic heterocycles. The van der Waals surface area contributed by atoms with Crippen molar-refractivity contribution < 1.29 is 14.3 Å². The van der Waals surface area contributed by atoms with Crippen molar-refractivity contribution in [3.05, 3.63) is 36.4 Å². The third-order valence-electron chi connectivity index (χ3n) is 5.01. The molecule has 2 fully saturated rings. The van der Waals surface area contributed by atoms with E-state index in [1.165, 1.54) is 0 Å². The molecule has 4 rings (SSSR count). The average molecular weight is 339 g/mol. The zero-order chi connectivity index (χ0) is 17.4. The highest BCUT2D eigenvalue weighted by Crippen LogP contribution is 2.24. The molecule has 0 radical (unpaired) electrons. The summed E-state index contributed by atoms with van der Waals surface area (Å²) in [6.07, 6.45) is 1.06. The Balaban J connectivity index is 1.38. The van der Waals surface area contributed by atoms with Crippen LogP contribution in [0.15, 0.2) is 36.4 Å². The Hall–Kier alpha value is -2.63. The van der Waals surface area contributed by atoms with E-state index in [0.29, 0.717) is 31.9 Å². The minimum atomic E-state index is -0.213. The molecule has 2 saturated heterocycles. The Labute approximate surface area is 146 Å². The van der Waals surface area contributed by atoms with Crippen molar-refractivity contribution >= 4 is 22.7 Å². The number of fused-ring (bicyclic) bond motifs is 1. The first-order chi connectivity index (χ1) is 12.1. The Morgan fingerprint density at radius 2 is 2.04 bits per heavy atom. The van der Waals surface area contributed by atoms with Gasteiger partial charge >= 0.3 is 0 Å². The molecule has 1 aromatic heterocycles. The lowest BCUT2D eigenvalue weighted by Crippen LogP contribution is -2.36. The Morgan fingerprint density at radius 1 is 1.20 bits per heavy atom. The number of hydrogen-bond acceptors (Lipinski definition) is 4. The number of hydrogen-bond donors (Lipinski definition) is 0. The standard InChI is InChI=1S/C19H21N3O3/c1-21-11-14(10-18(21)23)19(24)22-9-8-15(12-22)25-17-7-6-13-4-2-3-5-16(13)20-17/h2-7,14-15H,8-12H2,1H3. The number of ether oxygens (including phenoxy) is 1. The summed E-state index contributed by atoms with van der Waals surface area (Å²) in [5.74, 6) is 0.491. The van der Waals surface area contributed by atoms with Crippen LogP contribution in [-0.4, -0.2) is 59.4 Å². The van der Waals surface area contributed by atoms with Crippen molar-refractivity contribution in [3.63, 3.8) is 0 Å². The van der Waals surface area contributed by atoms with Gasteiger partial charge in [-0.3, -0.25) is 9.59 Å². The summed E-state index contributed by atoms with van der Waals surface area (Å²) in [5.41, 5.74) is 0.901. The van der Waals surface area contributed by atoms with Gasteiger partial charge in [0.05, 0.1) is 18.0 Å². The molecule has 0 N–H and O–H groups in total. The predicted octanol–water partition coefficient (Wildman–Crippen LogP) is 1.69. The van der Waals surface area contributed by atoms with Gasteiger partial charge in [0.15, 0.2) is 0 Å². The van der Waals surface area contributed by atoms with Gasteiger partial charge in [0.2, 0.25) is 17.7 Å². The molecule has 2 unspecified atom stereocenters. The van der Waals surface area contributed by atoms with E-state index in [2.05, 4.69) is 4.98 Å². The van der Waals surface area contributed by atoms with Crippen LogP contribution in [0.5, 0.6) is 5.88 Å². The SMILES string of the molecule is CN1CC(C(=O)N2CCC(Oc3ccc4ccccc4n3)C2)CC1=O. The van der Waals surface area contributed by atoms with Crippen LogP contribution >= 0.6 is 0 Å². The molecule has 0 saturated carbocycles. The van der Waals surface area contributed by atoms with Crippen LogP contribution in [0.2, 0.25) is 0 Å². The molecular weight excluding hydrogens is 318 g/mol. The molecular formula is C19H21N3O3. The van der Waals surface area contributed by atoms with Gasteiger partial charge in [-0.25, -0.2) is 4.98 Å². The summed E-state index contributed by atoms with van der Waals surface area (Å²) in [6, 6.07) is 11.8. The van der Waals surface area contributed by atoms with E-state index in [4.69, 9.17) is 4.74 Å². The second-order valence-corrected chi connectivity index (χ2v) is 6.83. The zero-order valence-electron chi connectivity index (χ0n) is 14.2. The van der Waals surface area contributed by atoms with E-state index in [0.717, 1.165) is 17.3 Å². The Bertz CT molecular complexity index is 822. The number of carbonyl (C=O) groups excluding carboxylic acids is 2. The minimum Gasteiger partial charge on any atom is -0.472 e. The summed E-state index contributed by atoms with van der Waals surface area (Å²) in [5, 5.41) is 1.08. The normalized spacial score (nSPS) is 23.5. The highest BCUT2D eigenvalue weighted by atomic mass is 16.5. The molecule has 0 aliphatic carbocycles. The second-order valence-electron chi connectivity index (χ2n) is 6.83. The van der Waals surface area contributed by atoms with Crippen molar-refractivity contribution in [2.75, 3.05) is 26.7 Å². The third-order valence-corrected chi connectivity index (χ3v) is 5.01. The summed E-state index contributed by atoms with van der Waals surface area (Å²) < 4.78 is 5.99. The molecule has 3 heterocycles. The van der Waals surface area contributed by atoms with Crippen LogP contribution in [0.1, 0.15) is 12.8 Å². The second kappa shape index (κ2) is 6.35. The Kier molecular flexibility index (Phi) is 4.03. The zero-order valence-corrected chi connectivity index (χ0v) is 14.2. The average Bonchev–Trinajstić information content (AvgIpc) is 3.21. The fraction of sp³-hybridized carbons (Fsp3) is 0.421. The fourth-order valence-electron chi connectivity index (χ4n) is 3.60. The van der Waals surface area contributed by atoms with Crippen LogP contribution in [0, 0.1) is 5.92 Å². The maximum atomic E-state index is 12.6. The molecule has 25 heavy (non-hydrogen) atoms. The van der Waals surface area contributed by atoms with E-state index in [1.807, 2.05) is 41.3 Å². The first-order valence-corrected chi connectivity index (χ1v) is 8.65.